The van der Waals surface area contributed by atoms with Crippen LogP contribution in [0.15, 0.2) is 48.5 Å². The van der Waals surface area contributed by atoms with E-state index in [9.17, 15) is 4.79 Å². The molecular formula is C21H23ClN2O6. The van der Waals surface area contributed by atoms with Crippen LogP contribution in [0, 0.1) is 0 Å². The van der Waals surface area contributed by atoms with Gasteiger partial charge >= 0.3 is 11.9 Å². The number of ether oxygens (including phenoxy) is 1. The van der Waals surface area contributed by atoms with E-state index in [1.807, 2.05) is 47.4 Å². The number of nitrogens with zero attached hydrogens (tertiary/aromatic N) is 2. The van der Waals surface area contributed by atoms with E-state index in [-0.39, 0.29) is 5.91 Å². The number of aliphatic carboxylic acids is 2. The highest BCUT2D eigenvalue weighted by Gasteiger charge is 2.22. The van der Waals surface area contributed by atoms with E-state index in [0.29, 0.717) is 5.56 Å². The number of amides is 1. The zero-order valence-corrected chi connectivity index (χ0v) is 17.2. The van der Waals surface area contributed by atoms with E-state index in [1.165, 1.54) is 0 Å². The highest BCUT2D eigenvalue weighted by atomic mass is 35.5. The summed E-state index contributed by atoms with van der Waals surface area (Å²) in [5.74, 6) is -2.81. The fraction of sp³-hybridized carbons (Fsp3) is 0.286. The summed E-state index contributed by atoms with van der Waals surface area (Å²) >= 11 is 6.23. The zero-order chi connectivity index (χ0) is 22.1. The maximum Gasteiger partial charge on any atom is 0.414 e. The van der Waals surface area contributed by atoms with Gasteiger partial charge in [-0.15, -0.1) is 0 Å². The van der Waals surface area contributed by atoms with E-state index in [2.05, 4.69) is 11.0 Å². The minimum absolute atomic E-state index is 0.0787. The van der Waals surface area contributed by atoms with Crippen molar-refractivity contribution in [3.8, 4) is 5.75 Å². The number of carbonyl (C=O) groups is 3. The fourth-order valence-corrected chi connectivity index (χ4v) is 3.09. The van der Waals surface area contributed by atoms with Gasteiger partial charge in [-0.1, -0.05) is 29.8 Å². The number of benzene rings is 2. The van der Waals surface area contributed by atoms with E-state index in [0.717, 1.165) is 49.1 Å². The molecular weight excluding hydrogens is 412 g/mol. The molecule has 0 radical (unpaired) electrons. The van der Waals surface area contributed by atoms with Crippen LogP contribution in [0.25, 0.3) is 0 Å². The fourth-order valence-electron chi connectivity index (χ4n) is 2.89. The monoisotopic (exact) mass is 434 g/mol. The lowest BCUT2D eigenvalue weighted by Crippen LogP contribution is -2.48. The molecule has 0 unspecified atom stereocenters. The van der Waals surface area contributed by atoms with Crippen molar-refractivity contribution in [3.63, 3.8) is 0 Å². The van der Waals surface area contributed by atoms with Crippen molar-refractivity contribution in [2.24, 2.45) is 0 Å². The molecule has 2 N–H and O–H groups in total. The van der Waals surface area contributed by atoms with Gasteiger partial charge in [0.25, 0.3) is 5.91 Å². The van der Waals surface area contributed by atoms with Gasteiger partial charge in [-0.05, 0) is 35.9 Å². The van der Waals surface area contributed by atoms with Crippen molar-refractivity contribution in [1.29, 1.82) is 0 Å². The molecule has 0 aromatic heterocycles. The third-order valence-electron chi connectivity index (χ3n) is 4.53. The summed E-state index contributed by atoms with van der Waals surface area (Å²) in [4.78, 5) is 35.0. The smallest absolute Gasteiger partial charge is 0.414 e. The van der Waals surface area contributed by atoms with Crippen LogP contribution >= 0.6 is 11.6 Å². The third-order valence-corrected chi connectivity index (χ3v) is 4.90. The molecule has 3 rings (SSSR count). The summed E-state index contributed by atoms with van der Waals surface area (Å²) in [5.41, 5.74) is 1.84. The number of piperazine rings is 1. The second-order valence-electron chi connectivity index (χ2n) is 6.50. The lowest BCUT2D eigenvalue weighted by Gasteiger charge is -2.35. The SMILES string of the molecule is COc1ccc(C(=O)N2CCN(Cc3ccccc3Cl)CC2)cc1.O=C(O)C(=O)O. The normalized spacial score (nSPS) is 13.7. The Kier molecular flexibility index (Phi) is 8.64. The topological polar surface area (TPSA) is 107 Å². The van der Waals surface area contributed by atoms with Gasteiger partial charge in [0, 0.05) is 43.3 Å². The summed E-state index contributed by atoms with van der Waals surface area (Å²) < 4.78 is 5.13. The molecule has 0 aliphatic carbocycles. The van der Waals surface area contributed by atoms with Crippen molar-refractivity contribution < 1.29 is 29.3 Å². The predicted molar refractivity (Wildman–Crippen MR) is 111 cm³/mol. The summed E-state index contributed by atoms with van der Waals surface area (Å²) in [6.45, 7) is 4.00. The van der Waals surface area contributed by atoms with Gasteiger partial charge < -0.3 is 19.8 Å². The lowest BCUT2D eigenvalue weighted by molar-refractivity contribution is -0.159. The Labute approximate surface area is 179 Å². The summed E-state index contributed by atoms with van der Waals surface area (Å²) in [6, 6.07) is 15.2. The minimum atomic E-state index is -1.82. The Morgan fingerprint density at radius 2 is 1.50 bits per heavy atom. The number of hydrogen-bond donors (Lipinski definition) is 2. The first-order valence-corrected chi connectivity index (χ1v) is 9.55. The molecule has 0 bridgehead atoms. The highest BCUT2D eigenvalue weighted by Crippen LogP contribution is 2.19. The molecule has 30 heavy (non-hydrogen) atoms. The van der Waals surface area contributed by atoms with Crippen molar-refractivity contribution >= 4 is 29.4 Å². The molecule has 1 aliphatic rings. The van der Waals surface area contributed by atoms with Gasteiger partial charge in [0.15, 0.2) is 0 Å². The molecule has 2 aromatic carbocycles. The largest absolute Gasteiger partial charge is 0.497 e. The van der Waals surface area contributed by atoms with E-state index in [1.54, 1.807) is 7.11 Å². The molecule has 0 saturated carbocycles. The molecule has 1 heterocycles. The Balaban J connectivity index is 0.000000469. The minimum Gasteiger partial charge on any atom is -0.497 e. The number of halogens is 1. The van der Waals surface area contributed by atoms with Crippen LogP contribution in [0.2, 0.25) is 5.02 Å². The van der Waals surface area contributed by atoms with Crippen molar-refractivity contribution in [3.05, 3.63) is 64.7 Å². The average Bonchev–Trinajstić information content (AvgIpc) is 2.76. The zero-order valence-electron chi connectivity index (χ0n) is 16.5. The summed E-state index contributed by atoms with van der Waals surface area (Å²) in [7, 11) is 1.62. The number of methoxy groups -OCH3 is 1. The molecule has 0 spiro atoms. The quantitative estimate of drug-likeness (QED) is 0.711. The van der Waals surface area contributed by atoms with Crippen LogP contribution in [0.5, 0.6) is 5.75 Å². The van der Waals surface area contributed by atoms with E-state index >= 15 is 0 Å². The second-order valence-corrected chi connectivity index (χ2v) is 6.91. The van der Waals surface area contributed by atoms with Crippen LogP contribution in [-0.4, -0.2) is 71.1 Å². The first-order chi connectivity index (χ1) is 14.3. The number of rotatable bonds is 4. The molecule has 0 atom stereocenters. The summed E-state index contributed by atoms with van der Waals surface area (Å²) in [5, 5.41) is 15.6. The first kappa shape index (κ1) is 23.2. The van der Waals surface area contributed by atoms with Gasteiger partial charge in [-0.25, -0.2) is 9.59 Å². The maximum atomic E-state index is 12.6. The first-order valence-electron chi connectivity index (χ1n) is 9.17. The molecule has 1 fully saturated rings. The third kappa shape index (κ3) is 6.75. The van der Waals surface area contributed by atoms with E-state index in [4.69, 9.17) is 36.1 Å². The maximum absolute atomic E-state index is 12.6. The van der Waals surface area contributed by atoms with Gasteiger partial charge in [0.1, 0.15) is 5.75 Å². The summed E-state index contributed by atoms with van der Waals surface area (Å²) in [6.07, 6.45) is 0. The molecule has 1 aliphatic heterocycles. The molecule has 8 nitrogen and oxygen atoms in total. The second kappa shape index (κ2) is 11.2. The number of carbonyl (C=O) groups excluding carboxylic acids is 1. The number of hydrogen-bond acceptors (Lipinski definition) is 5. The van der Waals surface area contributed by atoms with Crippen LogP contribution in [0.3, 0.4) is 0 Å². The molecule has 160 valence electrons. The lowest BCUT2D eigenvalue weighted by atomic mass is 10.1. The Morgan fingerprint density at radius 3 is 2.00 bits per heavy atom. The van der Waals surface area contributed by atoms with Gasteiger partial charge in [0.2, 0.25) is 0 Å². The van der Waals surface area contributed by atoms with Gasteiger partial charge in [0.05, 0.1) is 7.11 Å². The Hall–Kier alpha value is -3.10. The van der Waals surface area contributed by atoms with Gasteiger partial charge in [-0.2, -0.15) is 0 Å². The van der Waals surface area contributed by atoms with Crippen molar-refractivity contribution in [2.75, 3.05) is 33.3 Å². The highest BCUT2D eigenvalue weighted by molar-refractivity contribution is 6.31. The molecule has 1 saturated heterocycles. The van der Waals surface area contributed by atoms with Crippen LogP contribution in [0.1, 0.15) is 15.9 Å². The van der Waals surface area contributed by atoms with E-state index < -0.39 is 11.9 Å². The molecule has 1 amide bonds. The Morgan fingerprint density at radius 1 is 0.933 bits per heavy atom. The van der Waals surface area contributed by atoms with Crippen molar-refractivity contribution in [2.45, 2.75) is 6.54 Å². The number of carboxylic acids is 2. The average molecular weight is 435 g/mol. The molecule has 2 aromatic rings. The van der Waals surface area contributed by atoms with Gasteiger partial charge in [-0.3, -0.25) is 9.69 Å². The van der Waals surface area contributed by atoms with Crippen LogP contribution < -0.4 is 4.74 Å². The van der Waals surface area contributed by atoms with Crippen LogP contribution in [-0.2, 0) is 16.1 Å². The molecule has 9 heteroatoms. The van der Waals surface area contributed by atoms with Crippen LogP contribution in [0.4, 0.5) is 0 Å². The number of carboxylic acid groups (broad SMARTS) is 2. The Bertz CT molecular complexity index is 867. The van der Waals surface area contributed by atoms with Crippen molar-refractivity contribution in [1.82, 2.24) is 9.80 Å². The standard InChI is InChI=1S/C19H21ClN2O2.C2H2O4/c1-24-17-8-6-15(7-9-17)19(23)22-12-10-21(11-13-22)14-16-4-2-3-5-18(16)20;3-1(4)2(5)6/h2-9H,10-14H2,1H3;(H,3,4)(H,5,6). The predicted octanol–water partition coefficient (Wildman–Crippen LogP) is 2.46.